The van der Waals surface area contributed by atoms with Crippen LogP contribution in [0.2, 0.25) is 0 Å². The van der Waals surface area contributed by atoms with Crippen molar-refractivity contribution in [3.63, 3.8) is 0 Å². The van der Waals surface area contributed by atoms with Crippen LogP contribution in [0.3, 0.4) is 0 Å². The van der Waals surface area contributed by atoms with Gasteiger partial charge < -0.3 is 10.1 Å². The number of rotatable bonds is 4. The van der Waals surface area contributed by atoms with E-state index in [1.807, 2.05) is 5.32 Å². The molecule has 1 N–H and O–H groups in total. The standard InChI is InChI=1S/C16H10F3N3O5/c17-9-2-3-10(16(19)15(9)18)20-13(23)6-21-11-5-8(22(25)26)1-4-12(11)27-7-14(21)24/h1-5H,6-7H2,(H,20,23). The van der Waals surface area contributed by atoms with E-state index in [4.69, 9.17) is 4.74 Å². The number of amides is 2. The number of fused-ring (bicyclic) bond motifs is 1. The molecular formula is C16H10F3N3O5. The van der Waals surface area contributed by atoms with Crippen molar-refractivity contribution >= 4 is 28.9 Å². The third-order valence-electron chi connectivity index (χ3n) is 3.71. The molecule has 1 heterocycles. The first-order chi connectivity index (χ1) is 12.8. The van der Waals surface area contributed by atoms with Crippen LogP contribution in [0.25, 0.3) is 0 Å². The summed E-state index contributed by atoms with van der Waals surface area (Å²) in [5.74, 6) is -6.21. The van der Waals surface area contributed by atoms with Crippen LogP contribution in [0.1, 0.15) is 0 Å². The molecule has 1 aliphatic heterocycles. The van der Waals surface area contributed by atoms with Crippen molar-refractivity contribution in [2.24, 2.45) is 0 Å². The van der Waals surface area contributed by atoms with E-state index in [-0.39, 0.29) is 17.1 Å². The van der Waals surface area contributed by atoms with E-state index < -0.39 is 53.0 Å². The molecule has 8 nitrogen and oxygen atoms in total. The first kappa shape index (κ1) is 18.2. The van der Waals surface area contributed by atoms with Gasteiger partial charge in [0.15, 0.2) is 24.1 Å². The van der Waals surface area contributed by atoms with Crippen LogP contribution in [0.15, 0.2) is 30.3 Å². The number of halogens is 3. The summed E-state index contributed by atoms with van der Waals surface area (Å²) in [4.78, 5) is 35.3. The Balaban J connectivity index is 1.84. The predicted octanol–water partition coefficient (Wildman–Crippen LogP) is 2.38. The van der Waals surface area contributed by atoms with Gasteiger partial charge in [-0.3, -0.25) is 24.6 Å². The van der Waals surface area contributed by atoms with Crippen molar-refractivity contribution in [1.82, 2.24) is 0 Å². The van der Waals surface area contributed by atoms with Gasteiger partial charge in [-0.25, -0.2) is 13.2 Å². The number of ether oxygens (including phenoxy) is 1. The number of hydrogen-bond acceptors (Lipinski definition) is 5. The van der Waals surface area contributed by atoms with Crippen LogP contribution in [-0.2, 0) is 9.59 Å². The molecule has 3 rings (SSSR count). The van der Waals surface area contributed by atoms with Gasteiger partial charge in [0.25, 0.3) is 11.6 Å². The normalized spacial score (nSPS) is 13.0. The van der Waals surface area contributed by atoms with E-state index in [1.165, 1.54) is 12.1 Å². The van der Waals surface area contributed by atoms with Crippen LogP contribution in [0, 0.1) is 27.6 Å². The van der Waals surface area contributed by atoms with E-state index in [0.717, 1.165) is 17.0 Å². The van der Waals surface area contributed by atoms with E-state index in [1.54, 1.807) is 0 Å². The predicted molar refractivity (Wildman–Crippen MR) is 85.9 cm³/mol. The molecule has 0 unspecified atom stereocenters. The highest BCUT2D eigenvalue weighted by Crippen LogP contribution is 2.35. The van der Waals surface area contributed by atoms with E-state index >= 15 is 0 Å². The average molecular weight is 381 g/mol. The monoisotopic (exact) mass is 381 g/mol. The maximum absolute atomic E-state index is 13.7. The Bertz CT molecular complexity index is 967. The quantitative estimate of drug-likeness (QED) is 0.498. The van der Waals surface area contributed by atoms with Gasteiger partial charge in [0.1, 0.15) is 12.3 Å². The highest BCUT2D eigenvalue weighted by Gasteiger charge is 2.29. The minimum atomic E-state index is -1.75. The van der Waals surface area contributed by atoms with Gasteiger partial charge in [0.2, 0.25) is 5.91 Å². The first-order valence-corrected chi connectivity index (χ1v) is 7.43. The molecule has 0 radical (unpaired) electrons. The number of nitrogens with one attached hydrogen (secondary N) is 1. The SMILES string of the molecule is O=C(CN1C(=O)COc2ccc([N+](=O)[O-])cc21)Nc1ccc(F)c(F)c1F. The number of carbonyl (C=O) groups excluding carboxylic acids is 2. The zero-order valence-electron chi connectivity index (χ0n) is 13.4. The molecule has 2 aromatic rings. The minimum Gasteiger partial charge on any atom is -0.482 e. The number of nitrogens with zero attached hydrogens (tertiary/aromatic N) is 2. The van der Waals surface area contributed by atoms with Crippen LogP contribution >= 0.6 is 0 Å². The summed E-state index contributed by atoms with van der Waals surface area (Å²) in [6.45, 7) is -1.05. The Hall–Kier alpha value is -3.63. The number of non-ortho nitro benzene ring substituents is 1. The number of carbonyl (C=O) groups is 2. The first-order valence-electron chi connectivity index (χ1n) is 7.43. The van der Waals surface area contributed by atoms with Crippen LogP contribution in [-0.4, -0.2) is 29.9 Å². The summed E-state index contributed by atoms with van der Waals surface area (Å²) in [5.41, 5.74) is -0.954. The molecule has 2 aromatic carbocycles. The smallest absolute Gasteiger partial charge is 0.271 e. The average Bonchev–Trinajstić information content (AvgIpc) is 2.64. The van der Waals surface area contributed by atoms with Gasteiger partial charge in [0, 0.05) is 12.1 Å². The van der Waals surface area contributed by atoms with Crippen LogP contribution in [0.5, 0.6) is 5.75 Å². The molecule has 140 valence electrons. The van der Waals surface area contributed by atoms with Crippen LogP contribution in [0.4, 0.5) is 30.2 Å². The molecule has 0 bridgehead atoms. The zero-order valence-corrected chi connectivity index (χ0v) is 13.4. The summed E-state index contributed by atoms with van der Waals surface area (Å²) in [7, 11) is 0. The maximum Gasteiger partial charge on any atom is 0.271 e. The van der Waals surface area contributed by atoms with Crippen molar-refractivity contribution in [2.75, 3.05) is 23.4 Å². The molecule has 11 heteroatoms. The minimum absolute atomic E-state index is 0.0126. The molecule has 0 fully saturated rings. The second-order valence-corrected chi connectivity index (χ2v) is 5.45. The Morgan fingerprint density at radius 2 is 1.96 bits per heavy atom. The van der Waals surface area contributed by atoms with Gasteiger partial charge in [0.05, 0.1) is 16.3 Å². The van der Waals surface area contributed by atoms with Crippen molar-refractivity contribution in [3.05, 3.63) is 57.9 Å². The number of nitro groups is 1. The Morgan fingerprint density at radius 3 is 2.67 bits per heavy atom. The summed E-state index contributed by atoms with van der Waals surface area (Å²) < 4.78 is 45.0. The Kier molecular flexibility index (Phi) is 4.67. The lowest BCUT2D eigenvalue weighted by molar-refractivity contribution is -0.384. The lowest BCUT2D eigenvalue weighted by Crippen LogP contribution is -2.43. The van der Waals surface area contributed by atoms with Gasteiger partial charge in [-0.15, -0.1) is 0 Å². The molecule has 0 aliphatic carbocycles. The molecule has 1 aliphatic rings. The van der Waals surface area contributed by atoms with Crippen molar-refractivity contribution in [1.29, 1.82) is 0 Å². The summed E-state index contributed by atoms with van der Waals surface area (Å²) in [6, 6.07) is 4.96. The van der Waals surface area contributed by atoms with Crippen LogP contribution < -0.4 is 15.0 Å². The fraction of sp³-hybridized carbons (Fsp3) is 0.125. The zero-order chi connectivity index (χ0) is 19.7. The fourth-order valence-corrected chi connectivity index (χ4v) is 2.43. The van der Waals surface area contributed by atoms with E-state index in [2.05, 4.69) is 0 Å². The summed E-state index contributed by atoms with van der Waals surface area (Å²) in [5, 5.41) is 12.9. The van der Waals surface area contributed by atoms with E-state index in [9.17, 15) is 32.9 Å². The maximum atomic E-state index is 13.7. The number of benzene rings is 2. The lowest BCUT2D eigenvalue weighted by Gasteiger charge is -2.28. The topological polar surface area (TPSA) is 102 Å². The Morgan fingerprint density at radius 1 is 1.22 bits per heavy atom. The Labute approximate surface area is 149 Å². The highest BCUT2D eigenvalue weighted by atomic mass is 19.2. The number of anilines is 2. The van der Waals surface area contributed by atoms with Gasteiger partial charge in [-0.05, 0) is 18.2 Å². The van der Waals surface area contributed by atoms with Crippen molar-refractivity contribution < 1.29 is 32.4 Å². The third kappa shape index (κ3) is 3.52. The lowest BCUT2D eigenvalue weighted by atomic mass is 10.2. The fourth-order valence-electron chi connectivity index (χ4n) is 2.43. The van der Waals surface area contributed by atoms with Crippen molar-refractivity contribution in [3.8, 4) is 5.75 Å². The number of nitro benzene ring substituents is 1. The molecule has 0 aromatic heterocycles. The third-order valence-corrected chi connectivity index (χ3v) is 3.71. The molecule has 0 atom stereocenters. The van der Waals surface area contributed by atoms with Crippen molar-refractivity contribution in [2.45, 2.75) is 0 Å². The molecule has 0 saturated carbocycles. The van der Waals surface area contributed by atoms with Gasteiger partial charge in [-0.1, -0.05) is 0 Å². The largest absolute Gasteiger partial charge is 0.482 e. The second kappa shape index (κ2) is 6.94. The number of hydrogen-bond donors (Lipinski definition) is 1. The van der Waals surface area contributed by atoms with Gasteiger partial charge >= 0.3 is 0 Å². The molecule has 27 heavy (non-hydrogen) atoms. The van der Waals surface area contributed by atoms with Gasteiger partial charge in [-0.2, -0.15) is 0 Å². The molecule has 0 saturated heterocycles. The molecule has 2 amide bonds. The van der Waals surface area contributed by atoms with E-state index in [0.29, 0.717) is 6.07 Å². The molecule has 0 spiro atoms. The summed E-state index contributed by atoms with van der Waals surface area (Å²) in [6.07, 6.45) is 0. The summed E-state index contributed by atoms with van der Waals surface area (Å²) >= 11 is 0. The molecular weight excluding hydrogens is 371 g/mol. The second-order valence-electron chi connectivity index (χ2n) is 5.45. The highest BCUT2D eigenvalue weighted by molar-refractivity contribution is 6.05.